The summed E-state index contributed by atoms with van der Waals surface area (Å²) >= 11 is 1.68. The smallest absolute Gasteiger partial charge is 0.368 e. The molecule has 0 aliphatic heterocycles. The van der Waals surface area contributed by atoms with Crippen molar-refractivity contribution in [2.45, 2.75) is 25.7 Å². The van der Waals surface area contributed by atoms with Crippen LogP contribution in [0.2, 0.25) is 0 Å². The number of aromatic nitrogens is 2. The molecule has 1 aliphatic rings. The van der Waals surface area contributed by atoms with E-state index in [1.807, 2.05) is 6.07 Å². The number of rotatable bonds is 1. The molecule has 0 amide bonds. The zero-order valence-electron chi connectivity index (χ0n) is 9.36. The summed E-state index contributed by atoms with van der Waals surface area (Å²) in [6.07, 6.45) is 7.83. The molecule has 1 aliphatic carbocycles. The fourth-order valence-electron chi connectivity index (χ4n) is 1.92. The summed E-state index contributed by atoms with van der Waals surface area (Å²) in [6.45, 7) is 0. The van der Waals surface area contributed by atoms with Gasteiger partial charge < -0.3 is 9.97 Å². The van der Waals surface area contributed by atoms with Crippen LogP contribution in [0.5, 0.6) is 0 Å². The zero-order valence-corrected chi connectivity index (χ0v) is 15.1. The van der Waals surface area contributed by atoms with E-state index in [0.29, 0.717) is 0 Å². The molecule has 76 valence electrons. The van der Waals surface area contributed by atoms with E-state index in [2.05, 4.69) is 27.6 Å². The predicted octanol–water partition coefficient (Wildman–Crippen LogP) is -0.112. The molecule has 3 rings (SSSR count). The van der Waals surface area contributed by atoms with Crippen LogP contribution < -0.4 is 58.2 Å². The van der Waals surface area contributed by atoms with Crippen LogP contribution >= 0.6 is 11.3 Å². The second-order valence-corrected chi connectivity index (χ2v) is 4.72. The molecule has 2 heterocycles. The minimum absolute atomic E-state index is 0. The minimum Gasteiger partial charge on any atom is -0.368 e. The van der Waals surface area contributed by atoms with E-state index in [4.69, 9.17) is 0 Å². The Morgan fingerprint density at radius 1 is 1.25 bits per heavy atom. The van der Waals surface area contributed by atoms with Gasteiger partial charge in [0.25, 0.3) is 0 Å². The first-order chi connectivity index (χ1) is 7.43. The molecule has 0 unspecified atom stereocenters. The van der Waals surface area contributed by atoms with E-state index in [0.717, 1.165) is 23.5 Å². The molecule has 0 fully saturated rings. The van der Waals surface area contributed by atoms with Crippen molar-refractivity contribution in [3.63, 3.8) is 0 Å². The van der Waals surface area contributed by atoms with Crippen LogP contribution in [0, 0.1) is 6.20 Å². The van der Waals surface area contributed by atoms with Crippen molar-refractivity contribution in [2.24, 2.45) is 0 Å². The summed E-state index contributed by atoms with van der Waals surface area (Å²) in [5.41, 5.74) is 2.43. The molecule has 0 radical (unpaired) electrons. The van der Waals surface area contributed by atoms with Gasteiger partial charge in [0.05, 0.1) is 5.82 Å². The van der Waals surface area contributed by atoms with Crippen molar-refractivity contribution < 1.29 is 58.2 Å². The molecule has 0 aromatic carbocycles. The van der Waals surface area contributed by atoms with Crippen LogP contribution in [0.25, 0.3) is 10.7 Å². The molecule has 2 aromatic rings. The molecule has 0 N–H and O–H groups in total. The first-order valence-corrected chi connectivity index (χ1v) is 6.13. The van der Waals surface area contributed by atoms with Crippen LogP contribution in [-0.4, -0.2) is 9.97 Å². The maximum atomic E-state index is 4.62. The Labute approximate surface area is 148 Å². The predicted molar refractivity (Wildman–Crippen MR) is 60.8 cm³/mol. The molecule has 0 atom stereocenters. The van der Waals surface area contributed by atoms with E-state index in [9.17, 15) is 0 Å². The molecular weight excluding hydrogens is 290 g/mol. The molecule has 0 saturated heterocycles. The van der Waals surface area contributed by atoms with Crippen molar-refractivity contribution in [3.05, 3.63) is 35.0 Å². The Kier molecular flexibility index (Phi) is 4.85. The minimum atomic E-state index is 0. The number of nitrogens with zero attached hydrogens (tertiary/aromatic N) is 2. The summed E-state index contributed by atoms with van der Waals surface area (Å²) in [4.78, 5) is 10.1. The zero-order chi connectivity index (χ0) is 10.1. The average Bonchev–Trinajstić information content (AvgIpc) is 2.82. The van der Waals surface area contributed by atoms with Gasteiger partial charge in [-0.1, -0.05) is 43.3 Å². The second-order valence-electron chi connectivity index (χ2n) is 3.77. The third-order valence-electron chi connectivity index (χ3n) is 2.72. The van der Waals surface area contributed by atoms with Crippen LogP contribution in [0.1, 0.15) is 24.1 Å². The quantitative estimate of drug-likeness (QED) is 0.687. The number of thiophene rings is 1. The number of aryl methyl sites for hydroxylation is 2. The standard InChI is InChI=1S/C12H11N2S.Rb/c1-2-5-10-9(4-1)8-13-12(14-10)11-6-3-7-15-11;/h3,6-7H,1-2,4-5H2;/q-1;+1. The Bertz CT molecular complexity index is 468. The molecule has 2 nitrogen and oxygen atoms in total. The third-order valence-corrected chi connectivity index (χ3v) is 3.58. The second kappa shape index (κ2) is 5.96. The molecule has 16 heavy (non-hydrogen) atoms. The first-order valence-electron chi connectivity index (χ1n) is 5.25. The van der Waals surface area contributed by atoms with Crippen LogP contribution in [0.4, 0.5) is 0 Å². The van der Waals surface area contributed by atoms with Gasteiger partial charge in [0.1, 0.15) is 0 Å². The molecule has 0 spiro atoms. The fraction of sp³-hybridized carbons (Fsp3) is 0.333. The number of fused-ring (bicyclic) bond motifs is 1. The largest absolute Gasteiger partial charge is 1.00 e. The molecule has 0 bridgehead atoms. The van der Waals surface area contributed by atoms with Crippen LogP contribution in [0.15, 0.2) is 17.5 Å². The van der Waals surface area contributed by atoms with Crippen molar-refractivity contribution in [1.82, 2.24) is 9.97 Å². The van der Waals surface area contributed by atoms with Gasteiger partial charge in [-0.05, 0) is 11.8 Å². The number of hydrogen-bond acceptors (Lipinski definition) is 3. The van der Waals surface area contributed by atoms with Gasteiger partial charge in [0.2, 0.25) is 0 Å². The van der Waals surface area contributed by atoms with Gasteiger partial charge in [0, 0.05) is 4.88 Å². The topological polar surface area (TPSA) is 25.8 Å². The molecular formula is C12H11N2RbS. The van der Waals surface area contributed by atoms with Gasteiger partial charge >= 0.3 is 58.2 Å². The van der Waals surface area contributed by atoms with Gasteiger partial charge in [-0.25, -0.2) is 0 Å². The Hall–Kier alpha value is 0.585. The molecule has 0 saturated carbocycles. The first kappa shape index (κ1) is 13.0. The van der Waals surface area contributed by atoms with E-state index < -0.39 is 0 Å². The summed E-state index contributed by atoms with van der Waals surface area (Å²) < 4.78 is 0. The summed E-state index contributed by atoms with van der Waals surface area (Å²) in [6, 6.07) is 4.09. The van der Waals surface area contributed by atoms with Gasteiger partial charge in [-0.15, -0.1) is 5.56 Å². The van der Waals surface area contributed by atoms with E-state index in [1.165, 1.54) is 24.1 Å². The van der Waals surface area contributed by atoms with Crippen LogP contribution in [0.3, 0.4) is 0 Å². The van der Waals surface area contributed by atoms with Gasteiger partial charge in [0.15, 0.2) is 0 Å². The van der Waals surface area contributed by atoms with Crippen molar-refractivity contribution in [2.75, 3.05) is 0 Å². The Balaban J connectivity index is 0.000000963. The van der Waals surface area contributed by atoms with Crippen molar-refractivity contribution in [3.8, 4) is 10.7 Å². The van der Waals surface area contributed by atoms with Crippen LogP contribution in [-0.2, 0) is 12.8 Å². The van der Waals surface area contributed by atoms with Crippen molar-refractivity contribution in [1.29, 1.82) is 0 Å². The average molecular weight is 301 g/mol. The summed E-state index contributed by atoms with van der Waals surface area (Å²) in [5, 5.41) is 2.05. The normalized spacial score (nSPS) is 14.0. The third kappa shape index (κ3) is 2.70. The van der Waals surface area contributed by atoms with Gasteiger partial charge in [-0.3, -0.25) is 0 Å². The maximum absolute atomic E-state index is 4.62. The number of hydrogen-bond donors (Lipinski definition) is 0. The molecule has 2 aromatic heterocycles. The SMILES string of the molecule is [Rb+].[c-]1nc(-c2cccs2)nc2c1CCCC2. The van der Waals surface area contributed by atoms with E-state index in [-0.39, 0.29) is 58.2 Å². The summed E-state index contributed by atoms with van der Waals surface area (Å²) in [7, 11) is 0. The monoisotopic (exact) mass is 300 g/mol. The van der Waals surface area contributed by atoms with E-state index in [1.54, 1.807) is 11.3 Å². The molecule has 4 heteroatoms. The Morgan fingerprint density at radius 2 is 2.12 bits per heavy atom. The Morgan fingerprint density at radius 3 is 2.94 bits per heavy atom. The maximum Gasteiger partial charge on any atom is 1.00 e. The van der Waals surface area contributed by atoms with Crippen molar-refractivity contribution >= 4 is 11.3 Å². The van der Waals surface area contributed by atoms with Gasteiger partial charge in [-0.2, -0.15) is 11.3 Å². The van der Waals surface area contributed by atoms with E-state index >= 15 is 0 Å². The fourth-order valence-corrected chi connectivity index (χ4v) is 2.58. The summed E-state index contributed by atoms with van der Waals surface area (Å²) in [5.74, 6) is 0.839.